The Morgan fingerprint density at radius 3 is 2.87 bits per heavy atom. The maximum absolute atomic E-state index is 9.16. The number of hydrogen-bond acceptors (Lipinski definition) is 4. The summed E-state index contributed by atoms with van der Waals surface area (Å²) in [5.74, 6) is 0.293. The van der Waals surface area contributed by atoms with Crippen molar-refractivity contribution in [3.63, 3.8) is 0 Å². The van der Waals surface area contributed by atoms with Gasteiger partial charge in [-0.15, -0.1) is 0 Å². The molecule has 1 atom stereocenters. The predicted molar refractivity (Wildman–Crippen MR) is 58.3 cm³/mol. The lowest BCUT2D eigenvalue weighted by atomic mass is 10.1. The summed E-state index contributed by atoms with van der Waals surface area (Å²) in [7, 11) is 0. The lowest BCUT2D eigenvalue weighted by Crippen LogP contribution is -2.29. The summed E-state index contributed by atoms with van der Waals surface area (Å²) in [6.45, 7) is 4.06. The third-order valence-corrected chi connectivity index (χ3v) is 2.26. The van der Waals surface area contributed by atoms with Crippen LogP contribution in [0.4, 0.5) is 5.69 Å². The Balaban J connectivity index is 2.84. The van der Waals surface area contributed by atoms with Gasteiger partial charge in [0, 0.05) is 6.20 Å². The number of aliphatic hydroxyl groups is 1. The fourth-order valence-corrected chi connectivity index (χ4v) is 1.23. The van der Waals surface area contributed by atoms with Crippen LogP contribution in [0.5, 0.6) is 0 Å². The summed E-state index contributed by atoms with van der Waals surface area (Å²) in [5, 5.41) is 21.1. The van der Waals surface area contributed by atoms with Crippen molar-refractivity contribution in [1.29, 1.82) is 5.26 Å². The van der Waals surface area contributed by atoms with E-state index >= 15 is 0 Å². The second-order valence-corrected chi connectivity index (χ2v) is 3.69. The summed E-state index contributed by atoms with van der Waals surface area (Å²) in [6, 6.07) is 5.50. The Bertz CT molecular complexity index is 357. The number of aliphatic hydroxyl groups excluding tert-OH is 1. The van der Waals surface area contributed by atoms with Gasteiger partial charge < -0.3 is 10.4 Å². The minimum Gasteiger partial charge on any atom is -0.394 e. The summed E-state index contributed by atoms with van der Waals surface area (Å²) in [5.41, 5.74) is 1.03. The van der Waals surface area contributed by atoms with Crippen LogP contribution in [0.1, 0.15) is 19.5 Å². The molecular weight excluding hydrogens is 190 g/mol. The van der Waals surface area contributed by atoms with Gasteiger partial charge in [0.25, 0.3) is 0 Å². The summed E-state index contributed by atoms with van der Waals surface area (Å²) in [4.78, 5) is 3.94. The molecule has 0 bridgehead atoms. The number of pyridine rings is 1. The van der Waals surface area contributed by atoms with Gasteiger partial charge in [0.2, 0.25) is 0 Å². The third-order valence-electron chi connectivity index (χ3n) is 2.26. The number of anilines is 1. The largest absolute Gasteiger partial charge is 0.394 e. The van der Waals surface area contributed by atoms with Crippen molar-refractivity contribution in [2.24, 2.45) is 5.92 Å². The molecule has 15 heavy (non-hydrogen) atoms. The van der Waals surface area contributed by atoms with Crippen LogP contribution in [0.2, 0.25) is 0 Å². The van der Waals surface area contributed by atoms with Crippen molar-refractivity contribution in [2.75, 3.05) is 11.9 Å². The fourth-order valence-electron chi connectivity index (χ4n) is 1.23. The van der Waals surface area contributed by atoms with Gasteiger partial charge in [-0.05, 0) is 18.1 Å². The van der Waals surface area contributed by atoms with Gasteiger partial charge in [-0.2, -0.15) is 5.26 Å². The highest BCUT2D eigenvalue weighted by atomic mass is 16.3. The van der Waals surface area contributed by atoms with E-state index < -0.39 is 0 Å². The molecule has 0 aliphatic heterocycles. The van der Waals surface area contributed by atoms with Crippen molar-refractivity contribution < 1.29 is 5.11 Å². The SMILES string of the molecule is CC(C)[C@@H](CO)Nc1cccnc1C#N. The predicted octanol–water partition coefficient (Wildman–Crippen LogP) is 1.38. The normalized spacial score (nSPS) is 12.2. The molecule has 0 unspecified atom stereocenters. The minimum atomic E-state index is -0.0544. The van der Waals surface area contributed by atoms with Gasteiger partial charge in [-0.25, -0.2) is 4.98 Å². The second-order valence-electron chi connectivity index (χ2n) is 3.69. The van der Waals surface area contributed by atoms with Crippen LogP contribution in [0.15, 0.2) is 18.3 Å². The topological polar surface area (TPSA) is 68.9 Å². The molecule has 1 rings (SSSR count). The first-order valence-corrected chi connectivity index (χ1v) is 4.91. The highest BCUT2D eigenvalue weighted by Crippen LogP contribution is 2.15. The van der Waals surface area contributed by atoms with Crippen LogP contribution >= 0.6 is 0 Å². The van der Waals surface area contributed by atoms with Crippen LogP contribution in [0.25, 0.3) is 0 Å². The van der Waals surface area contributed by atoms with Gasteiger partial charge in [0.05, 0.1) is 18.3 Å². The minimum absolute atomic E-state index is 0.0391. The molecule has 0 amide bonds. The van der Waals surface area contributed by atoms with Crippen molar-refractivity contribution in [2.45, 2.75) is 19.9 Å². The van der Waals surface area contributed by atoms with Crippen molar-refractivity contribution in [1.82, 2.24) is 4.98 Å². The first kappa shape index (κ1) is 11.5. The Morgan fingerprint density at radius 2 is 2.33 bits per heavy atom. The van der Waals surface area contributed by atoms with E-state index in [2.05, 4.69) is 10.3 Å². The maximum atomic E-state index is 9.16. The molecule has 2 N–H and O–H groups in total. The first-order chi connectivity index (χ1) is 7.19. The smallest absolute Gasteiger partial charge is 0.163 e. The van der Waals surface area contributed by atoms with Crippen molar-refractivity contribution in [3.8, 4) is 6.07 Å². The molecule has 4 heteroatoms. The molecule has 0 fully saturated rings. The van der Waals surface area contributed by atoms with Gasteiger partial charge in [0.1, 0.15) is 6.07 Å². The Hall–Kier alpha value is -1.60. The molecule has 0 aliphatic carbocycles. The molecule has 0 saturated carbocycles. The van der Waals surface area contributed by atoms with Crippen molar-refractivity contribution >= 4 is 5.69 Å². The standard InChI is InChI=1S/C11H15N3O/c1-8(2)11(7-15)14-9-4-3-5-13-10(9)6-12/h3-5,8,11,14-15H,7H2,1-2H3/t11-/m1/s1. The zero-order valence-electron chi connectivity index (χ0n) is 8.94. The van der Waals surface area contributed by atoms with Gasteiger partial charge in [-0.1, -0.05) is 13.8 Å². The first-order valence-electron chi connectivity index (χ1n) is 4.91. The number of nitrogens with one attached hydrogen (secondary N) is 1. The van der Waals surface area contributed by atoms with Crippen LogP contribution in [-0.4, -0.2) is 22.7 Å². The van der Waals surface area contributed by atoms with E-state index in [0.29, 0.717) is 17.3 Å². The zero-order valence-corrected chi connectivity index (χ0v) is 8.94. The molecule has 1 aromatic rings. The van der Waals surface area contributed by atoms with Crippen LogP contribution in [0, 0.1) is 17.2 Å². The molecule has 4 nitrogen and oxygen atoms in total. The molecule has 80 valence electrons. The Labute approximate surface area is 89.6 Å². The van der Waals surface area contributed by atoms with Crippen molar-refractivity contribution in [3.05, 3.63) is 24.0 Å². The monoisotopic (exact) mass is 205 g/mol. The molecule has 0 saturated heterocycles. The molecule has 0 spiro atoms. The lowest BCUT2D eigenvalue weighted by molar-refractivity contribution is 0.249. The molecule has 0 radical (unpaired) electrons. The van der Waals surface area contributed by atoms with E-state index in [1.165, 1.54) is 0 Å². The summed E-state index contributed by atoms with van der Waals surface area (Å²) in [6.07, 6.45) is 1.58. The number of rotatable bonds is 4. The van der Waals surface area contributed by atoms with E-state index in [9.17, 15) is 0 Å². The maximum Gasteiger partial charge on any atom is 0.163 e. The highest BCUT2D eigenvalue weighted by molar-refractivity contribution is 5.53. The molecule has 0 aromatic carbocycles. The van der Waals surface area contributed by atoms with Crippen LogP contribution < -0.4 is 5.32 Å². The quantitative estimate of drug-likeness (QED) is 0.779. The number of nitriles is 1. The summed E-state index contributed by atoms with van der Waals surface area (Å²) < 4.78 is 0. The van der Waals surface area contributed by atoms with E-state index in [1.807, 2.05) is 19.9 Å². The van der Waals surface area contributed by atoms with E-state index in [4.69, 9.17) is 10.4 Å². The molecular formula is C11H15N3O. The van der Waals surface area contributed by atoms with Gasteiger partial charge in [0.15, 0.2) is 5.69 Å². The highest BCUT2D eigenvalue weighted by Gasteiger charge is 2.13. The number of nitrogens with zero attached hydrogens (tertiary/aromatic N) is 2. The third kappa shape index (κ3) is 2.93. The molecule has 1 heterocycles. The average Bonchev–Trinajstić information content (AvgIpc) is 2.25. The van der Waals surface area contributed by atoms with E-state index in [1.54, 1.807) is 18.3 Å². The second kappa shape index (κ2) is 5.32. The van der Waals surface area contributed by atoms with Gasteiger partial charge >= 0.3 is 0 Å². The number of hydrogen-bond donors (Lipinski definition) is 2. The lowest BCUT2D eigenvalue weighted by Gasteiger charge is -2.21. The Kier molecular flexibility index (Phi) is 4.07. The average molecular weight is 205 g/mol. The van der Waals surface area contributed by atoms with E-state index in [-0.39, 0.29) is 12.6 Å². The number of aromatic nitrogens is 1. The van der Waals surface area contributed by atoms with Crippen LogP contribution in [-0.2, 0) is 0 Å². The van der Waals surface area contributed by atoms with E-state index in [0.717, 1.165) is 0 Å². The Morgan fingerprint density at radius 1 is 1.60 bits per heavy atom. The molecule has 1 aromatic heterocycles. The summed E-state index contributed by atoms with van der Waals surface area (Å²) >= 11 is 0. The van der Waals surface area contributed by atoms with Crippen LogP contribution in [0.3, 0.4) is 0 Å². The van der Waals surface area contributed by atoms with Gasteiger partial charge in [-0.3, -0.25) is 0 Å². The fraction of sp³-hybridized carbons (Fsp3) is 0.455. The zero-order chi connectivity index (χ0) is 11.3. The molecule has 0 aliphatic rings.